The fourth-order valence-corrected chi connectivity index (χ4v) is 2.20. The number of carbonyl (C=O) groups excluding carboxylic acids is 1. The van der Waals surface area contributed by atoms with E-state index in [2.05, 4.69) is 31.9 Å². The van der Waals surface area contributed by atoms with Crippen LogP contribution < -0.4 is 4.90 Å². The van der Waals surface area contributed by atoms with Crippen molar-refractivity contribution in [2.75, 3.05) is 11.4 Å². The topological polar surface area (TPSA) is 40.5 Å². The van der Waals surface area contributed by atoms with Crippen LogP contribution in [0, 0.1) is 0 Å². The fourth-order valence-electron chi connectivity index (χ4n) is 1.59. The van der Waals surface area contributed by atoms with Gasteiger partial charge in [-0.1, -0.05) is 0 Å². The Kier molecular flexibility index (Phi) is 3.13. The maximum atomic E-state index is 11.5. The molecule has 1 atom stereocenters. The van der Waals surface area contributed by atoms with Crippen molar-refractivity contribution in [2.45, 2.75) is 12.5 Å². The first-order valence-electron chi connectivity index (χ1n) is 4.51. The lowest BCUT2D eigenvalue weighted by molar-refractivity contribution is -0.117. The highest BCUT2D eigenvalue weighted by Crippen LogP contribution is 2.29. The van der Waals surface area contributed by atoms with Gasteiger partial charge in [-0.25, -0.2) is 0 Å². The first-order valence-corrected chi connectivity index (χ1v) is 6.10. The van der Waals surface area contributed by atoms with Crippen LogP contribution in [-0.4, -0.2) is 23.7 Å². The molecule has 80 valence electrons. The highest BCUT2D eigenvalue weighted by Gasteiger charge is 2.29. The molecular weight excluding hydrogens is 326 g/mol. The Morgan fingerprint density at radius 3 is 2.60 bits per heavy atom. The van der Waals surface area contributed by atoms with Gasteiger partial charge in [-0.05, 0) is 50.1 Å². The van der Waals surface area contributed by atoms with Gasteiger partial charge in [-0.2, -0.15) is 0 Å². The number of β-amino-alcohol motifs (C(OH)–C–C–N with tert-alkyl or cyclic N) is 1. The number of amides is 1. The summed E-state index contributed by atoms with van der Waals surface area (Å²) in [5.41, 5.74) is 0.812. The Morgan fingerprint density at radius 2 is 2.07 bits per heavy atom. The van der Waals surface area contributed by atoms with Gasteiger partial charge in [-0.15, -0.1) is 0 Å². The van der Waals surface area contributed by atoms with E-state index in [0.29, 0.717) is 6.54 Å². The van der Waals surface area contributed by atoms with Crippen LogP contribution in [0.25, 0.3) is 0 Å². The fraction of sp³-hybridized carbons (Fsp3) is 0.300. The van der Waals surface area contributed by atoms with E-state index in [4.69, 9.17) is 0 Å². The SMILES string of the molecule is O=C1CC(O)CN1c1ccc(Br)c(Br)c1. The van der Waals surface area contributed by atoms with E-state index in [1.165, 1.54) is 0 Å². The van der Waals surface area contributed by atoms with Gasteiger partial charge in [0, 0.05) is 14.6 Å². The normalized spacial score (nSPS) is 21.1. The van der Waals surface area contributed by atoms with Crippen molar-refractivity contribution in [2.24, 2.45) is 0 Å². The molecule has 0 aliphatic carbocycles. The van der Waals surface area contributed by atoms with E-state index in [-0.39, 0.29) is 12.3 Å². The molecule has 1 amide bonds. The second-order valence-electron chi connectivity index (χ2n) is 3.46. The Morgan fingerprint density at radius 1 is 1.33 bits per heavy atom. The minimum absolute atomic E-state index is 0.0308. The number of anilines is 1. The zero-order valence-electron chi connectivity index (χ0n) is 7.78. The summed E-state index contributed by atoms with van der Waals surface area (Å²) in [6.45, 7) is 0.382. The molecule has 1 heterocycles. The molecule has 3 nitrogen and oxygen atoms in total. The average Bonchev–Trinajstić information content (AvgIpc) is 2.50. The third kappa shape index (κ3) is 2.24. The zero-order chi connectivity index (χ0) is 11.0. The van der Waals surface area contributed by atoms with E-state index >= 15 is 0 Å². The summed E-state index contributed by atoms with van der Waals surface area (Å²) in [6, 6.07) is 5.59. The third-order valence-corrected chi connectivity index (χ3v) is 4.20. The molecule has 1 aliphatic heterocycles. The summed E-state index contributed by atoms with van der Waals surface area (Å²) in [5, 5.41) is 9.37. The average molecular weight is 335 g/mol. The van der Waals surface area contributed by atoms with Crippen LogP contribution in [0.15, 0.2) is 27.1 Å². The van der Waals surface area contributed by atoms with Crippen molar-refractivity contribution in [1.29, 1.82) is 0 Å². The smallest absolute Gasteiger partial charge is 0.229 e. The quantitative estimate of drug-likeness (QED) is 0.856. The number of rotatable bonds is 1. The highest BCUT2D eigenvalue weighted by molar-refractivity contribution is 9.13. The standard InChI is InChI=1S/C10H9Br2NO2/c11-8-2-1-6(3-9(8)12)13-5-7(14)4-10(13)15/h1-3,7,14H,4-5H2. The second kappa shape index (κ2) is 4.23. The molecule has 2 rings (SSSR count). The second-order valence-corrected chi connectivity index (χ2v) is 5.17. The Bertz CT molecular complexity index is 408. The van der Waals surface area contributed by atoms with E-state index in [1.807, 2.05) is 18.2 Å². The summed E-state index contributed by atoms with van der Waals surface area (Å²) in [6.07, 6.45) is -0.326. The van der Waals surface area contributed by atoms with Crippen molar-refractivity contribution in [3.63, 3.8) is 0 Å². The van der Waals surface area contributed by atoms with E-state index in [9.17, 15) is 9.90 Å². The van der Waals surface area contributed by atoms with Crippen molar-refractivity contribution < 1.29 is 9.90 Å². The van der Waals surface area contributed by atoms with Gasteiger partial charge in [-0.3, -0.25) is 4.79 Å². The van der Waals surface area contributed by atoms with Crippen molar-refractivity contribution in [3.05, 3.63) is 27.1 Å². The first kappa shape index (κ1) is 11.1. The summed E-state index contributed by atoms with van der Waals surface area (Å²) in [7, 11) is 0. The van der Waals surface area contributed by atoms with Crippen LogP contribution in [0.2, 0.25) is 0 Å². The molecule has 1 aromatic rings. The highest BCUT2D eigenvalue weighted by atomic mass is 79.9. The first-order chi connectivity index (χ1) is 7.08. The monoisotopic (exact) mass is 333 g/mol. The number of benzene rings is 1. The predicted molar refractivity (Wildman–Crippen MR) is 64.8 cm³/mol. The van der Waals surface area contributed by atoms with Crippen LogP contribution >= 0.6 is 31.9 Å². The molecule has 1 fully saturated rings. The van der Waals surface area contributed by atoms with E-state index in [0.717, 1.165) is 14.6 Å². The number of hydrogen-bond acceptors (Lipinski definition) is 2. The Balaban J connectivity index is 2.30. The lowest BCUT2D eigenvalue weighted by Crippen LogP contribution is -2.25. The molecule has 1 aliphatic rings. The molecule has 0 bridgehead atoms. The number of aliphatic hydroxyl groups is 1. The van der Waals surface area contributed by atoms with Crippen LogP contribution in [0.5, 0.6) is 0 Å². The Hall–Kier alpha value is -0.390. The van der Waals surface area contributed by atoms with Crippen LogP contribution in [-0.2, 0) is 4.79 Å². The molecule has 15 heavy (non-hydrogen) atoms. The largest absolute Gasteiger partial charge is 0.391 e. The van der Waals surface area contributed by atoms with Crippen LogP contribution in [0.4, 0.5) is 5.69 Å². The zero-order valence-corrected chi connectivity index (χ0v) is 11.0. The molecular formula is C10H9Br2NO2. The van der Waals surface area contributed by atoms with Gasteiger partial charge in [0.1, 0.15) is 0 Å². The molecule has 0 spiro atoms. The van der Waals surface area contributed by atoms with E-state index in [1.54, 1.807) is 4.90 Å². The molecule has 1 saturated heterocycles. The molecule has 1 N–H and O–H groups in total. The van der Waals surface area contributed by atoms with Gasteiger partial charge >= 0.3 is 0 Å². The number of nitrogens with zero attached hydrogens (tertiary/aromatic N) is 1. The maximum absolute atomic E-state index is 11.5. The lowest BCUT2D eigenvalue weighted by Gasteiger charge is -2.16. The van der Waals surface area contributed by atoms with Crippen LogP contribution in [0.1, 0.15) is 6.42 Å². The number of hydrogen-bond donors (Lipinski definition) is 1. The summed E-state index contributed by atoms with van der Waals surface area (Å²) in [4.78, 5) is 13.1. The van der Waals surface area contributed by atoms with Crippen molar-refractivity contribution in [3.8, 4) is 0 Å². The predicted octanol–water partition coefficient (Wildman–Crippen LogP) is 2.31. The molecule has 0 aromatic heterocycles. The minimum atomic E-state index is -0.542. The molecule has 0 saturated carbocycles. The summed E-state index contributed by atoms with van der Waals surface area (Å²) in [5.74, 6) is -0.0308. The van der Waals surface area contributed by atoms with Gasteiger partial charge in [0.2, 0.25) is 5.91 Å². The minimum Gasteiger partial charge on any atom is -0.391 e. The summed E-state index contributed by atoms with van der Waals surface area (Å²) < 4.78 is 1.84. The van der Waals surface area contributed by atoms with E-state index < -0.39 is 6.10 Å². The van der Waals surface area contributed by atoms with Crippen LogP contribution in [0.3, 0.4) is 0 Å². The van der Waals surface area contributed by atoms with Gasteiger partial charge in [0.15, 0.2) is 0 Å². The Labute approximate surface area is 104 Å². The molecule has 1 unspecified atom stereocenters. The van der Waals surface area contributed by atoms with Crippen molar-refractivity contribution >= 4 is 43.5 Å². The molecule has 0 radical (unpaired) electrons. The molecule has 1 aromatic carbocycles. The number of carbonyl (C=O) groups is 1. The van der Waals surface area contributed by atoms with Gasteiger partial charge in [0.25, 0.3) is 0 Å². The summed E-state index contributed by atoms with van der Waals surface area (Å²) >= 11 is 6.75. The molecule has 5 heteroatoms. The number of aliphatic hydroxyl groups excluding tert-OH is 1. The lowest BCUT2D eigenvalue weighted by atomic mass is 10.3. The third-order valence-electron chi connectivity index (χ3n) is 2.32. The van der Waals surface area contributed by atoms with Gasteiger partial charge < -0.3 is 10.0 Å². The van der Waals surface area contributed by atoms with Crippen molar-refractivity contribution in [1.82, 2.24) is 0 Å². The van der Waals surface area contributed by atoms with Gasteiger partial charge in [0.05, 0.1) is 19.1 Å². The maximum Gasteiger partial charge on any atom is 0.229 e. The number of halogens is 2.